The van der Waals surface area contributed by atoms with Crippen molar-refractivity contribution in [3.63, 3.8) is 0 Å². The lowest BCUT2D eigenvalue weighted by Gasteiger charge is -2.45. The van der Waals surface area contributed by atoms with Crippen molar-refractivity contribution in [2.45, 2.75) is 19.9 Å². The molecule has 2 nitrogen and oxygen atoms in total. The van der Waals surface area contributed by atoms with E-state index < -0.39 is 0 Å². The average molecular weight is 189 g/mol. The van der Waals surface area contributed by atoms with Gasteiger partial charge in [0.2, 0.25) is 5.91 Å². The Kier molecular flexibility index (Phi) is 2.28. The highest BCUT2D eigenvalue weighted by atomic mass is 16.2. The normalized spacial score (nSPS) is 26.1. The van der Waals surface area contributed by atoms with Crippen LogP contribution in [0.15, 0.2) is 30.3 Å². The van der Waals surface area contributed by atoms with E-state index in [9.17, 15) is 4.79 Å². The van der Waals surface area contributed by atoms with Gasteiger partial charge in [-0.2, -0.15) is 0 Å². The first-order chi connectivity index (χ1) is 6.75. The molecule has 2 unspecified atom stereocenters. The predicted molar refractivity (Wildman–Crippen MR) is 55.7 cm³/mol. The second-order valence-electron chi connectivity index (χ2n) is 3.77. The summed E-state index contributed by atoms with van der Waals surface area (Å²) in [4.78, 5) is 13.4. The van der Waals surface area contributed by atoms with E-state index in [1.165, 1.54) is 5.56 Å². The van der Waals surface area contributed by atoms with Crippen molar-refractivity contribution >= 4 is 5.91 Å². The smallest absolute Gasteiger partial charge is 0.228 e. The molecule has 0 aromatic heterocycles. The van der Waals surface area contributed by atoms with E-state index >= 15 is 0 Å². The topological polar surface area (TPSA) is 20.3 Å². The summed E-state index contributed by atoms with van der Waals surface area (Å²) in [5.41, 5.74) is 1.25. The van der Waals surface area contributed by atoms with Crippen LogP contribution in [0.3, 0.4) is 0 Å². The zero-order chi connectivity index (χ0) is 10.1. The fourth-order valence-electron chi connectivity index (χ4n) is 2.19. The molecule has 2 heteroatoms. The monoisotopic (exact) mass is 189 g/mol. The Balaban J connectivity index is 2.23. The fourth-order valence-corrected chi connectivity index (χ4v) is 2.19. The van der Waals surface area contributed by atoms with Crippen LogP contribution in [0.2, 0.25) is 0 Å². The van der Waals surface area contributed by atoms with Gasteiger partial charge in [0.1, 0.15) is 0 Å². The molecule has 1 aromatic rings. The summed E-state index contributed by atoms with van der Waals surface area (Å²) in [6.45, 7) is 4.84. The predicted octanol–water partition coefficient (Wildman–Crippen LogP) is 2.23. The molecule has 2 rings (SSSR count). The van der Waals surface area contributed by atoms with Gasteiger partial charge >= 0.3 is 0 Å². The lowest BCUT2D eigenvalue weighted by molar-refractivity contribution is -0.155. The Morgan fingerprint density at radius 2 is 1.93 bits per heavy atom. The van der Waals surface area contributed by atoms with E-state index in [1.807, 2.05) is 36.9 Å². The van der Waals surface area contributed by atoms with Crippen molar-refractivity contribution in [1.82, 2.24) is 4.90 Å². The molecule has 0 saturated carbocycles. The molecule has 14 heavy (non-hydrogen) atoms. The first kappa shape index (κ1) is 9.25. The van der Waals surface area contributed by atoms with Gasteiger partial charge in [0.05, 0.1) is 12.0 Å². The highest BCUT2D eigenvalue weighted by molar-refractivity contribution is 5.86. The van der Waals surface area contributed by atoms with Crippen molar-refractivity contribution in [2.75, 3.05) is 6.54 Å². The highest BCUT2D eigenvalue weighted by Crippen LogP contribution is 2.38. The van der Waals surface area contributed by atoms with Gasteiger partial charge in [-0.05, 0) is 12.5 Å². The molecule has 1 fully saturated rings. The summed E-state index contributed by atoms with van der Waals surface area (Å²) in [6, 6.07) is 10.5. The molecule has 1 heterocycles. The third-order valence-corrected chi connectivity index (χ3v) is 2.96. The minimum Gasteiger partial charge on any atom is -0.335 e. The number of benzene rings is 1. The lowest BCUT2D eigenvalue weighted by Crippen LogP contribution is -2.53. The number of amides is 1. The van der Waals surface area contributed by atoms with Crippen molar-refractivity contribution in [3.05, 3.63) is 35.9 Å². The van der Waals surface area contributed by atoms with Crippen LogP contribution in [-0.4, -0.2) is 17.4 Å². The summed E-state index contributed by atoms with van der Waals surface area (Å²) < 4.78 is 0. The molecule has 0 radical (unpaired) electrons. The maximum atomic E-state index is 11.5. The molecular formula is C12H15NO. The van der Waals surface area contributed by atoms with E-state index in [0.717, 1.165) is 6.54 Å². The van der Waals surface area contributed by atoms with Crippen molar-refractivity contribution < 1.29 is 4.79 Å². The fraction of sp³-hybridized carbons (Fsp3) is 0.417. The van der Waals surface area contributed by atoms with Crippen LogP contribution < -0.4 is 0 Å². The lowest BCUT2D eigenvalue weighted by atomic mass is 9.84. The van der Waals surface area contributed by atoms with Crippen LogP contribution in [-0.2, 0) is 4.79 Å². The van der Waals surface area contributed by atoms with E-state index in [0.29, 0.717) is 6.04 Å². The van der Waals surface area contributed by atoms with Gasteiger partial charge in [-0.25, -0.2) is 0 Å². The number of nitrogens with zero attached hydrogens (tertiary/aromatic N) is 1. The molecule has 74 valence electrons. The first-order valence-corrected chi connectivity index (χ1v) is 5.11. The molecule has 2 atom stereocenters. The summed E-state index contributed by atoms with van der Waals surface area (Å²) in [6.07, 6.45) is 0. The van der Waals surface area contributed by atoms with Crippen LogP contribution in [0, 0.1) is 5.92 Å². The molecule has 1 aliphatic heterocycles. The molecule has 0 aliphatic carbocycles. The number of carbonyl (C=O) groups excluding carboxylic acids is 1. The van der Waals surface area contributed by atoms with Crippen molar-refractivity contribution in [1.29, 1.82) is 0 Å². The van der Waals surface area contributed by atoms with Crippen molar-refractivity contribution in [3.8, 4) is 0 Å². The quantitative estimate of drug-likeness (QED) is 0.653. The number of hydrogen-bond donors (Lipinski definition) is 0. The van der Waals surface area contributed by atoms with E-state index in [1.54, 1.807) is 0 Å². The minimum absolute atomic E-state index is 0.150. The van der Waals surface area contributed by atoms with Gasteiger partial charge in [0.25, 0.3) is 0 Å². The maximum Gasteiger partial charge on any atom is 0.228 e. The molecule has 0 N–H and O–H groups in total. The Labute approximate surface area is 84.5 Å². The molecule has 1 aromatic carbocycles. The van der Waals surface area contributed by atoms with E-state index in [2.05, 4.69) is 12.1 Å². The Morgan fingerprint density at radius 1 is 1.29 bits per heavy atom. The van der Waals surface area contributed by atoms with Gasteiger partial charge in [0, 0.05) is 6.54 Å². The van der Waals surface area contributed by atoms with E-state index in [-0.39, 0.29) is 11.8 Å². The van der Waals surface area contributed by atoms with Crippen LogP contribution in [0.5, 0.6) is 0 Å². The van der Waals surface area contributed by atoms with Crippen LogP contribution in [0.1, 0.15) is 25.5 Å². The second kappa shape index (κ2) is 3.45. The molecule has 1 amide bonds. The van der Waals surface area contributed by atoms with Gasteiger partial charge < -0.3 is 4.90 Å². The zero-order valence-electron chi connectivity index (χ0n) is 8.60. The van der Waals surface area contributed by atoms with Gasteiger partial charge in [-0.3, -0.25) is 4.79 Å². The summed E-state index contributed by atoms with van der Waals surface area (Å²) in [5, 5.41) is 0. The molecule has 1 aliphatic rings. The van der Waals surface area contributed by atoms with E-state index in [4.69, 9.17) is 0 Å². The Morgan fingerprint density at radius 3 is 2.50 bits per heavy atom. The first-order valence-electron chi connectivity index (χ1n) is 5.11. The summed E-state index contributed by atoms with van der Waals surface area (Å²) in [7, 11) is 0. The third kappa shape index (κ3) is 1.22. The number of carbonyl (C=O) groups is 1. The number of likely N-dealkylation sites (tertiary alicyclic amines) is 1. The summed E-state index contributed by atoms with van der Waals surface area (Å²) >= 11 is 0. The van der Waals surface area contributed by atoms with Crippen LogP contribution >= 0.6 is 0 Å². The number of rotatable bonds is 2. The van der Waals surface area contributed by atoms with Gasteiger partial charge in [0.15, 0.2) is 0 Å². The number of β-lactam (4-membered cyclic amide) rings is 1. The Bertz CT molecular complexity index is 333. The SMILES string of the molecule is CCN1C(=O)C(C)C1c1ccccc1. The zero-order valence-corrected chi connectivity index (χ0v) is 8.60. The average Bonchev–Trinajstić information content (AvgIpc) is 2.25. The Hall–Kier alpha value is -1.31. The van der Waals surface area contributed by atoms with Crippen LogP contribution in [0.4, 0.5) is 0 Å². The van der Waals surface area contributed by atoms with Crippen LogP contribution in [0.25, 0.3) is 0 Å². The number of hydrogen-bond acceptors (Lipinski definition) is 1. The highest BCUT2D eigenvalue weighted by Gasteiger charge is 2.43. The standard InChI is InChI=1S/C12H15NO/c1-3-13-11(9(2)12(13)14)10-7-5-4-6-8-10/h4-9,11H,3H2,1-2H3. The molecule has 1 saturated heterocycles. The summed E-state index contributed by atoms with van der Waals surface area (Å²) in [5.74, 6) is 0.429. The molecular weight excluding hydrogens is 174 g/mol. The van der Waals surface area contributed by atoms with Crippen molar-refractivity contribution in [2.24, 2.45) is 5.92 Å². The third-order valence-electron chi connectivity index (χ3n) is 2.96. The molecule has 0 spiro atoms. The largest absolute Gasteiger partial charge is 0.335 e. The van der Waals surface area contributed by atoms with Gasteiger partial charge in [-0.1, -0.05) is 37.3 Å². The molecule has 0 bridgehead atoms. The van der Waals surface area contributed by atoms with Gasteiger partial charge in [-0.15, -0.1) is 0 Å². The minimum atomic E-state index is 0.150. The maximum absolute atomic E-state index is 11.5. The second-order valence-corrected chi connectivity index (χ2v) is 3.77.